The number of ether oxygens (including phenoxy) is 1. The molecule has 0 aliphatic carbocycles. The minimum Gasteiger partial charge on any atom is -0.480 e. The highest BCUT2D eigenvalue weighted by Gasteiger charge is 2.49. The zero-order valence-corrected chi connectivity index (χ0v) is 24.4. The van der Waals surface area contributed by atoms with Gasteiger partial charge in [0, 0.05) is 16.5 Å². The lowest BCUT2D eigenvalue weighted by atomic mass is 9.88. The van der Waals surface area contributed by atoms with Gasteiger partial charge in [-0.15, -0.1) is 0 Å². The van der Waals surface area contributed by atoms with Crippen molar-refractivity contribution in [2.24, 2.45) is 0 Å². The molecule has 42 heavy (non-hydrogen) atoms. The van der Waals surface area contributed by atoms with Crippen LogP contribution in [0.15, 0.2) is 77.7 Å². The first kappa shape index (κ1) is 31.8. The molecule has 4 atom stereocenters. The fraction of sp³-hybridized carbons (Fsp3) is 0.310. The normalized spacial score (nSPS) is 20.4. The largest absolute Gasteiger partial charge is 0.501 e. The summed E-state index contributed by atoms with van der Waals surface area (Å²) in [6.45, 7) is 1.79. The molecular weight excluding hydrogens is 618 g/mol. The van der Waals surface area contributed by atoms with Crippen molar-refractivity contribution in [3.8, 4) is 0 Å². The van der Waals surface area contributed by atoms with E-state index in [2.05, 4.69) is 0 Å². The molecule has 1 unspecified atom stereocenters. The van der Waals surface area contributed by atoms with Crippen molar-refractivity contribution in [3.05, 3.63) is 99.5 Å². The van der Waals surface area contributed by atoms with Gasteiger partial charge in [-0.2, -0.15) is 13.2 Å². The second-order valence-electron chi connectivity index (χ2n) is 9.78. The number of sulfone groups is 1. The summed E-state index contributed by atoms with van der Waals surface area (Å²) < 4.78 is 68.9. The average Bonchev–Trinajstić information content (AvgIpc) is 2.93. The maximum atomic E-state index is 14.0. The smallest absolute Gasteiger partial charge is 0.480 e. The summed E-state index contributed by atoms with van der Waals surface area (Å²) in [5, 5.41) is 11.1. The Hall–Kier alpha value is -3.12. The maximum absolute atomic E-state index is 14.0. The van der Waals surface area contributed by atoms with Crippen molar-refractivity contribution >= 4 is 44.9 Å². The molecule has 1 amide bonds. The first-order chi connectivity index (χ1) is 19.7. The molecule has 0 radical (unpaired) electrons. The van der Waals surface area contributed by atoms with E-state index in [-0.39, 0.29) is 12.8 Å². The van der Waals surface area contributed by atoms with Gasteiger partial charge in [0.05, 0.1) is 10.9 Å². The number of carboxylic acid groups (broad SMARTS) is 1. The van der Waals surface area contributed by atoms with Gasteiger partial charge in [0.1, 0.15) is 18.2 Å². The van der Waals surface area contributed by atoms with Crippen molar-refractivity contribution in [2.45, 2.75) is 60.9 Å². The molecule has 0 bridgehead atoms. The number of rotatable bonds is 9. The molecule has 0 saturated carbocycles. The van der Waals surface area contributed by atoms with E-state index >= 15 is 0 Å². The van der Waals surface area contributed by atoms with E-state index in [0.29, 0.717) is 33.2 Å². The van der Waals surface area contributed by atoms with Crippen LogP contribution in [0.2, 0.25) is 10.0 Å². The molecular formula is C29H26Cl2F3NO6S. The van der Waals surface area contributed by atoms with E-state index in [4.69, 9.17) is 27.9 Å². The zero-order valence-electron chi connectivity index (χ0n) is 22.1. The van der Waals surface area contributed by atoms with Crippen LogP contribution in [0.4, 0.5) is 13.2 Å². The summed E-state index contributed by atoms with van der Waals surface area (Å²) in [5.41, 5.74) is -3.97. The van der Waals surface area contributed by atoms with Crippen molar-refractivity contribution in [3.63, 3.8) is 0 Å². The van der Waals surface area contributed by atoms with Crippen LogP contribution in [-0.2, 0) is 30.6 Å². The number of hydrogen-bond acceptors (Lipinski definition) is 5. The van der Waals surface area contributed by atoms with Gasteiger partial charge in [-0.3, -0.25) is 4.79 Å². The minimum absolute atomic E-state index is 0.148. The predicted octanol–water partition coefficient (Wildman–Crippen LogP) is 6.79. The van der Waals surface area contributed by atoms with Crippen LogP contribution >= 0.6 is 23.2 Å². The van der Waals surface area contributed by atoms with Crippen molar-refractivity contribution in [1.29, 1.82) is 0 Å². The van der Waals surface area contributed by atoms with Gasteiger partial charge in [-0.25, -0.2) is 13.2 Å². The van der Waals surface area contributed by atoms with Gasteiger partial charge in [0.15, 0.2) is 0 Å². The number of benzene rings is 3. The lowest BCUT2D eigenvalue weighted by Gasteiger charge is -2.47. The number of alkyl halides is 3. The number of aliphatic carboxylic acids is 1. The average molecular weight is 644 g/mol. The molecule has 0 spiro atoms. The van der Waals surface area contributed by atoms with Crippen LogP contribution in [-0.4, -0.2) is 48.0 Å². The summed E-state index contributed by atoms with van der Waals surface area (Å²) in [6, 6.07) is 15.2. The fourth-order valence-electron chi connectivity index (χ4n) is 4.96. The third-order valence-corrected chi connectivity index (χ3v) is 8.99. The second-order valence-corrected chi connectivity index (χ2v) is 12.6. The third-order valence-electron chi connectivity index (χ3n) is 6.98. The topological polar surface area (TPSA) is 101 Å². The van der Waals surface area contributed by atoms with E-state index in [0.717, 1.165) is 12.1 Å². The van der Waals surface area contributed by atoms with Crippen LogP contribution < -0.4 is 0 Å². The first-order valence-corrected chi connectivity index (χ1v) is 15.1. The van der Waals surface area contributed by atoms with Crippen LogP contribution in [0.25, 0.3) is 0 Å². The van der Waals surface area contributed by atoms with Gasteiger partial charge in [0.2, 0.25) is 0 Å². The molecule has 1 saturated heterocycles. The van der Waals surface area contributed by atoms with E-state index in [1.165, 1.54) is 17.0 Å². The van der Waals surface area contributed by atoms with Gasteiger partial charge in [-0.05, 0) is 59.5 Å². The number of nitrogens with zero attached hydrogens (tertiary/aromatic N) is 1. The molecule has 3 aromatic carbocycles. The summed E-state index contributed by atoms with van der Waals surface area (Å²) in [5.74, 6) is -1.84. The molecule has 224 valence electrons. The Kier molecular flexibility index (Phi) is 9.56. The number of amides is 1. The quantitative estimate of drug-likeness (QED) is 0.275. The Balaban J connectivity index is 1.79. The number of hydrogen-bond donors (Lipinski definition) is 1. The molecule has 13 heteroatoms. The Bertz CT molecular complexity index is 1530. The highest BCUT2D eigenvalue weighted by atomic mass is 35.5. The van der Waals surface area contributed by atoms with Crippen LogP contribution in [0.1, 0.15) is 48.6 Å². The molecule has 1 heterocycles. The number of morpholine rings is 1. The zero-order chi connectivity index (χ0) is 30.8. The van der Waals surface area contributed by atoms with Gasteiger partial charge in [-0.1, -0.05) is 72.9 Å². The molecule has 1 aliphatic rings. The van der Waals surface area contributed by atoms with Crippen LogP contribution in [0.5, 0.6) is 0 Å². The maximum Gasteiger partial charge on any atom is 0.501 e. The van der Waals surface area contributed by atoms with Crippen LogP contribution in [0, 0.1) is 0 Å². The molecule has 1 fully saturated rings. The Morgan fingerprint density at radius 3 is 1.95 bits per heavy atom. The molecule has 4 rings (SSSR count). The lowest BCUT2D eigenvalue weighted by Crippen LogP contribution is -2.57. The third kappa shape index (κ3) is 6.59. The number of halogens is 5. The minimum atomic E-state index is -5.55. The van der Waals surface area contributed by atoms with E-state index in [1.807, 2.05) is 0 Å². The number of carboxylic acids is 1. The van der Waals surface area contributed by atoms with E-state index < -0.39 is 56.4 Å². The Labute approximate surface area is 250 Å². The summed E-state index contributed by atoms with van der Waals surface area (Å²) in [4.78, 5) is 26.9. The van der Waals surface area contributed by atoms with Gasteiger partial charge < -0.3 is 14.7 Å². The number of carbonyl (C=O) groups is 2. The summed E-state index contributed by atoms with van der Waals surface area (Å²) in [7, 11) is -5.55. The first-order valence-electron chi connectivity index (χ1n) is 12.9. The lowest BCUT2D eigenvalue weighted by molar-refractivity contribution is -0.184. The molecule has 7 nitrogen and oxygen atoms in total. The molecule has 0 aromatic heterocycles. The van der Waals surface area contributed by atoms with Gasteiger partial charge in [0.25, 0.3) is 15.7 Å². The van der Waals surface area contributed by atoms with Crippen molar-refractivity contribution < 1.29 is 41.0 Å². The molecule has 1 aliphatic heterocycles. The van der Waals surface area contributed by atoms with Crippen molar-refractivity contribution in [2.75, 3.05) is 0 Å². The van der Waals surface area contributed by atoms with Gasteiger partial charge >= 0.3 is 11.5 Å². The SMILES string of the molecule is CCCC(C(=O)O)N1C(=O)[C@H](Cc2ccc(S(=O)(=O)C(F)(F)F)cc2)O[C@@H](c2ccc(Cl)cc2)[C@H]1c1ccc(Cl)cc1. The van der Waals surface area contributed by atoms with E-state index in [9.17, 15) is 36.3 Å². The standard InChI is InChI=1S/C29H26Cl2F3NO6S/c1-2-3-23(28(37)38)35-25(18-6-10-20(30)11-7-18)26(19-8-12-21(31)13-9-19)41-24(27(35)36)16-17-4-14-22(15-5-17)42(39,40)29(32,33)34/h4-15,23-26H,2-3,16H2,1H3,(H,37,38)/t23?,24-,25+,26-/m0/s1. The highest BCUT2D eigenvalue weighted by molar-refractivity contribution is 7.92. The van der Waals surface area contributed by atoms with E-state index in [1.54, 1.807) is 55.5 Å². The summed E-state index contributed by atoms with van der Waals surface area (Å²) in [6.07, 6.45) is -1.65. The number of carbonyl (C=O) groups excluding carboxylic acids is 1. The Morgan fingerprint density at radius 2 is 1.48 bits per heavy atom. The fourth-order valence-corrected chi connectivity index (χ4v) is 5.97. The molecule has 1 N–H and O–H groups in total. The predicted molar refractivity (Wildman–Crippen MR) is 150 cm³/mol. The second kappa shape index (κ2) is 12.6. The van der Waals surface area contributed by atoms with Crippen molar-refractivity contribution in [1.82, 2.24) is 4.90 Å². The highest BCUT2D eigenvalue weighted by Crippen LogP contribution is 2.44. The molecule has 3 aromatic rings. The Morgan fingerprint density at radius 1 is 0.952 bits per heavy atom. The summed E-state index contributed by atoms with van der Waals surface area (Å²) >= 11 is 12.2. The van der Waals surface area contributed by atoms with Crippen LogP contribution in [0.3, 0.4) is 0 Å². The monoisotopic (exact) mass is 643 g/mol.